The number of carbonyl (C=O) groups excluding carboxylic acids is 4. The van der Waals surface area contributed by atoms with Gasteiger partial charge in [0.2, 0.25) is 17.7 Å². The van der Waals surface area contributed by atoms with Gasteiger partial charge in [-0.1, -0.05) is 20.3 Å². The monoisotopic (exact) mass is 355 g/mol. The molecule has 25 heavy (non-hydrogen) atoms. The van der Waals surface area contributed by atoms with Crippen LogP contribution in [0.4, 0.5) is 0 Å². The third-order valence-corrected chi connectivity index (χ3v) is 4.04. The van der Waals surface area contributed by atoms with Crippen LogP contribution in [0.3, 0.4) is 0 Å². The molecule has 0 aromatic rings. The van der Waals surface area contributed by atoms with Crippen LogP contribution in [-0.4, -0.2) is 48.4 Å². The number of nitrogens with one attached hydrogen (secondary N) is 3. The van der Waals surface area contributed by atoms with Gasteiger partial charge in [0.15, 0.2) is 6.04 Å². The Morgan fingerprint density at radius 2 is 1.84 bits per heavy atom. The first kappa shape index (κ1) is 20.9. The van der Waals surface area contributed by atoms with E-state index in [1.165, 1.54) is 6.92 Å². The number of rotatable bonds is 10. The molecular formula is C17H29N3O5. The van der Waals surface area contributed by atoms with E-state index in [9.17, 15) is 19.2 Å². The fourth-order valence-electron chi connectivity index (χ4n) is 2.50. The molecule has 1 saturated heterocycles. The third kappa shape index (κ3) is 7.11. The Hall–Kier alpha value is -2.12. The summed E-state index contributed by atoms with van der Waals surface area (Å²) in [7, 11) is 0. The lowest BCUT2D eigenvalue weighted by atomic mass is 10.0. The summed E-state index contributed by atoms with van der Waals surface area (Å²) in [6.07, 6.45) is 2.28. The number of ether oxygens (including phenoxy) is 1. The maximum absolute atomic E-state index is 12.3. The molecular weight excluding hydrogens is 326 g/mol. The highest BCUT2D eigenvalue weighted by Crippen LogP contribution is 2.14. The van der Waals surface area contributed by atoms with Crippen molar-refractivity contribution in [2.45, 2.75) is 71.6 Å². The Bertz CT molecular complexity index is 507. The molecule has 1 unspecified atom stereocenters. The molecule has 1 fully saturated rings. The number of hydrogen-bond acceptors (Lipinski definition) is 5. The number of amides is 3. The molecule has 8 heteroatoms. The van der Waals surface area contributed by atoms with Gasteiger partial charge in [-0.05, 0) is 25.7 Å². The lowest BCUT2D eigenvalue weighted by molar-refractivity contribution is -0.176. The van der Waals surface area contributed by atoms with Gasteiger partial charge < -0.3 is 20.7 Å². The van der Waals surface area contributed by atoms with E-state index in [0.717, 1.165) is 12.8 Å². The number of carbonyl (C=O) groups is 4. The summed E-state index contributed by atoms with van der Waals surface area (Å²) in [5, 5.41) is 8.07. The highest BCUT2D eigenvalue weighted by atomic mass is 16.6. The lowest BCUT2D eigenvalue weighted by Crippen LogP contribution is -2.62. The van der Waals surface area contributed by atoms with Gasteiger partial charge in [0.25, 0.3) is 0 Å². The second-order valence-electron chi connectivity index (χ2n) is 6.71. The van der Waals surface area contributed by atoms with Crippen molar-refractivity contribution in [2.24, 2.45) is 5.92 Å². The molecule has 1 aliphatic heterocycles. The van der Waals surface area contributed by atoms with Crippen molar-refractivity contribution in [2.75, 3.05) is 6.54 Å². The molecule has 1 aliphatic rings. The molecule has 142 valence electrons. The van der Waals surface area contributed by atoms with Gasteiger partial charge in [0.05, 0.1) is 0 Å². The van der Waals surface area contributed by atoms with Crippen molar-refractivity contribution in [3.05, 3.63) is 0 Å². The summed E-state index contributed by atoms with van der Waals surface area (Å²) in [6, 6.07) is -1.33. The number of unbranched alkanes of at least 4 members (excludes halogenated alkanes) is 2. The minimum Gasteiger partial charge on any atom is -0.458 e. The minimum atomic E-state index is -0.688. The zero-order chi connectivity index (χ0) is 19.0. The van der Waals surface area contributed by atoms with E-state index < -0.39 is 18.1 Å². The largest absolute Gasteiger partial charge is 0.458 e. The fraction of sp³-hybridized carbons (Fsp3) is 0.765. The molecule has 8 nitrogen and oxygen atoms in total. The molecule has 3 atom stereocenters. The highest BCUT2D eigenvalue weighted by molar-refractivity contribution is 5.92. The SMILES string of the molecule is CC(=O)NCCCCCC(=O)NC(C(=O)N[C@@H]1C(=O)O[C@@H]1C)C(C)C. The summed E-state index contributed by atoms with van der Waals surface area (Å²) in [6.45, 7) is 7.44. The number of hydrogen-bond donors (Lipinski definition) is 3. The first-order valence-corrected chi connectivity index (χ1v) is 8.77. The van der Waals surface area contributed by atoms with Crippen LogP contribution >= 0.6 is 0 Å². The summed E-state index contributed by atoms with van der Waals surface area (Å²) >= 11 is 0. The first-order chi connectivity index (χ1) is 11.7. The van der Waals surface area contributed by atoms with Crippen molar-refractivity contribution >= 4 is 23.7 Å². The Balaban J connectivity index is 2.33. The second kappa shape index (κ2) is 10.0. The topological polar surface area (TPSA) is 114 Å². The predicted molar refractivity (Wildman–Crippen MR) is 91.4 cm³/mol. The van der Waals surface area contributed by atoms with E-state index in [2.05, 4.69) is 16.0 Å². The van der Waals surface area contributed by atoms with E-state index in [0.29, 0.717) is 19.4 Å². The van der Waals surface area contributed by atoms with E-state index >= 15 is 0 Å². The fourth-order valence-corrected chi connectivity index (χ4v) is 2.50. The van der Waals surface area contributed by atoms with Crippen LogP contribution in [-0.2, 0) is 23.9 Å². The Kier molecular flexibility index (Phi) is 8.37. The van der Waals surface area contributed by atoms with Crippen LogP contribution < -0.4 is 16.0 Å². The van der Waals surface area contributed by atoms with Crippen molar-refractivity contribution in [1.82, 2.24) is 16.0 Å². The molecule has 0 aliphatic carbocycles. The van der Waals surface area contributed by atoms with Crippen molar-refractivity contribution in [3.63, 3.8) is 0 Å². The number of cyclic esters (lactones) is 1. The summed E-state index contributed by atoms with van der Waals surface area (Å²) in [5.74, 6) is -1.18. The van der Waals surface area contributed by atoms with E-state index in [1.54, 1.807) is 6.92 Å². The highest BCUT2D eigenvalue weighted by Gasteiger charge is 2.41. The molecule has 0 saturated carbocycles. The van der Waals surface area contributed by atoms with E-state index in [1.807, 2.05) is 13.8 Å². The van der Waals surface area contributed by atoms with Crippen LogP contribution in [0.2, 0.25) is 0 Å². The Labute approximate surface area is 148 Å². The molecule has 1 heterocycles. The zero-order valence-electron chi connectivity index (χ0n) is 15.4. The molecule has 0 radical (unpaired) electrons. The summed E-state index contributed by atoms with van der Waals surface area (Å²) in [5.41, 5.74) is 0. The van der Waals surface area contributed by atoms with Crippen LogP contribution in [0.15, 0.2) is 0 Å². The molecule has 0 spiro atoms. The molecule has 3 amide bonds. The maximum Gasteiger partial charge on any atom is 0.332 e. The maximum atomic E-state index is 12.3. The third-order valence-electron chi connectivity index (χ3n) is 4.04. The zero-order valence-corrected chi connectivity index (χ0v) is 15.4. The second-order valence-corrected chi connectivity index (χ2v) is 6.71. The van der Waals surface area contributed by atoms with Gasteiger partial charge in [0, 0.05) is 19.9 Å². The van der Waals surface area contributed by atoms with Crippen molar-refractivity contribution in [3.8, 4) is 0 Å². The quantitative estimate of drug-likeness (QED) is 0.384. The average molecular weight is 355 g/mol. The average Bonchev–Trinajstić information content (AvgIpc) is 2.53. The van der Waals surface area contributed by atoms with Crippen molar-refractivity contribution in [1.29, 1.82) is 0 Å². The van der Waals surface area contributed by atoms with E-state index in [4.69, 9.17) is 4.74 Å². The standard InChI is InChI=1S/C17H29N3O5/c1-10(2)14(16(23)20-15-11(3)25-17(15)24)19-13(22)8-6-5-7-9-18-12(4)21/h10-11,14-15H,5-9H2,1-4H3,(H,18,21)(H,19,22)(H,20,23)/t11-,14?,15+/m1/s1. The molecule has 3 N–H and O–H groups in total. The van der Waals surface area contributed by atoms with Crippen molar-refractivity contribution < 1.29 is 23.9 Å². The summed E-state index contributed by atoms with van der Waals surface area (Å²) < 4.78 is 4.81. The minimum absolute atomic E-state index is 0.0619. The molecule has 1 rings (SSSR count). The Morgan fingerprint density at radius 1 is 1.16 bits per heavy atom. The van der Waals surface area contributed by atoms with Gasteiger partial charge in [0.1, 0.15) is 12.1 Å². The van der Waals surface area contributed by atoms with Crippen LogP contribution in [0.25, 0.3) is 0 Å². The normalized spacial score (nSPS) is 20.3. The van der Waals surface area contributed by atoms with Gasteiger partial charge in [-0.2, -0.15) is 0 Å². The summed E-state index contributed by atoms with van der Waals surface area (Å²) in [4.78, 5) is 46.4. The van der Waals surface area contributed by atoms with Gasteiger partial charge in [-0.25, -0.2) is 4.79 Å². The smallest absolute Gasteiger partial charge is 0.332 e. The van der Waals surface area contributed by atoms with Gasteiger partial charge in [-0.15, -0.1) is 0 Å². The lowest BCUT2D eigenvalue weighted by Gasteiger charge is -2.34. The first-order valence-electron chi connectivity index (χ1n) is 8.77. The molecule has 0 aromatic heterocycles. The van der Waals surface area contributed by atoms with Crippen LogP contribution in [0, 0.1) is 5.92 Å². The van der Waals surface area contributed by atoms with Gasteiger partial charge in [-0.3, -0.25) is 14.4 Å². The molecule has 0 bridgehead atoms. The number of esters is 1. The van der Waals surface area contributed by atoms with Crippen LogP contribution in [0.1, 0.15) is 53.4 Å². The molecule has 0 aromatic carbocycles. The van der Waals surface area contributed by atoms with Crippen LogP contribution in [0.5, 0.6) is 0 Å². The Morgan fingerprint density at radius 3 is 2.36 bits per heavy atom. The predicted octanol–water partition coefficient (Wildman–Crippen LogP) is 0.254. The van der Waals surface area contributed by atoms with Gasteiger partial charge >= 0.3 is 5.97 Å². The van der Waals surface area contributed by atoms with E-state index in [-0.39, 0.29) is 29.7 Å².